The molecule has 0 amide bonds. The molecule has 1 aromatic carbocycles. The van der Waals surface area contributed by atoms with E-state index >= 15 is 0 Å². The Hall–Kier alpha value is -2.17. The van der Waals surface area contributed by atoms with E-state index in [-0.39, 0.29) is 0 Å². The monoisotopic (exact) mass is 233 g/mol. The molecule has 0 radical (unpaired) electrons. The Labute approximate surface area is 99.8 Å². The Balaban J connectivity index is 2.06. The summed E-state index contributed by atoms with van der Waals surface area (Å²) in [5.41, 5.74) is 1.10. The number of aromatic nitrogens is 2. The first kappa shape index (κ1) is 11.3. The maximum Gasteiger partial charge on any atom is 0.200 e. The maximum atomic E-state index is 5.24. The number of H-pyrrole nitrogens is 1. The number of nitrogens with one attached hydrogen (secondary N) is 2. The van der Waals surface area contributed by atoms with Gasteiger partial charge in [0.2, 0.25) is 0 Å². The van der Waals surface area contributed by atoms with Crippen LogP contribution in [0.5, 0.6) is 11.5 Å². The third-order valence-electron chi connectivity index (χ3n) is 2.41. The molecule has 0 spiro atoms. The lowest BCUT2D eigenvalue weighted by Crippen LogP contribution is -2.01. The Morgan fingerprint density at radius 1 is 1.24 bits per heavy atom. The SMILES string of the molecule is COc1ccc(CNc2ncc[nH]2)cc1OC. The first-order valence-electron chi connectivity index (χ1n) is 5.27. The fraction of sp³-hybridized carbons (Fsp3) is 0.250. The molecule has 0 atom stereocenters. The van der Waals surface area contributed by atoms with Gasteiger partial charge < -0.3 is 19.8 Å². The van der Waals surface area contributed by atoms with Crippen molar-refractivity contribution in [3.8, 4) is 11.5 Å². The smallest absolute Gasteiger partial charge is 0.200 e. The van der Waals surface area contributed by atoms with Crippen molar-refractivity contribution in [2.45, 2.75) is 6.54 Å². The van der Waals surface area contributed by atoms with Crippen LogP contribution in [-0.2, 0) is 6.54 Å². The van der Waals surface area contributed by atoms with Crippen molar-refractivity contribution < 1.29 is 9.47 Å². The Morgan fingerprint density at radius 3 is 2.71 bits per heavy atom. The summed E-state index contributed by atoms with van der Waals surface area (Å²) >= 11 is 0. The van der Waals surface area contributed by atoms with Crippen LogP contribution < -0.4 is 14.8 Å². The van der Waals surface area contributed by atoms with E-state index in [0.717, 1.165) is 23.0 Å². The highest BCUT2D eigenvalue weighted by Gasteiger charge is 2.04. The quantitative estimate of drug-likeness (QED) is 0.829. The first-order chi connectivity index (χ1) is 8.33. The molecular formula is C12H15N3O2. The summed E-state index contributed by atoms with van der Waals surface area (Å²) < 4.78 is 10.4. The molecule has 17 heavy (non-hydrogen) atoms. The van der Waals surface area contributed by atoms with Gasteiger partial charge in [0.1, 0.15) is 0 Å². The molecule has 5 heteroatoms. The normalized spacial score (nSPS) is 10.0. The van der Waals surface area contributed by atoms with Gasteiger partial charge >= 0.3 is 0 Å². The summed E-state index contributed by atoms with van der Waals surface area (Å²) in [6.45, 7) is 0.674. The number of ether oxygens (including phenoxy) is 2. The minimum atomic E-state index is 0.674. The molecule has 0 saturated carbocycles. The van der Waals surface area contributed by atoms with Gasteiger partial charge in [0.25, 0.3) is 0 Å². The Morgan fingerprint density at radius 2 is 2.06 bits per heavy atom. The lowest BCUT2D eigenvalue weighted by molar-refractivity contribution is 0.354. The number of benzene rings is 1. The molecular weight excluding hydrogens is 218 g/mol. The standard InChI is InChI=1S/C12H15N3O2/c1-16-10-4-3-9(7-11(10)17-2)8-15-12-13-5-6-14-12/h3-7H,8H2,1-2H3,(H2,13,14,15). The van der Waals surface area contributed by atoms with Crippen molar-refractivity contribution in [1.82, 2.24) is 9.97 Å². The molecule has 1 aromatic heterocycles. The van der Waals surface area contributed by atoms with Crippen molar-refractivity contribution in [2.24, 2.45) is 0 Å². The highest BCUT2D eigenvalue weighted by atomic mass is 16.5. The molecule has 2 N–H and O–H groups in total. The summed E-state index contributed by atoms with van der Waals surface area (Å²) in [5.74, 6) is 2.21. The maximum absolute atomic E-state index is 5.24. The number of hydrogen-bond donors (Lipinski definition) is 2. The van der Waals surface area contributed by atoms with E-state index in [1.54, 1.807) is 26.6 Å². The van der Waals surface area contributed by atoms with Crippen LogP contribution in [0, 0.1) is 0 Å². The average molecular weight is 233 g/mol. The van der Waals surface area contributed by atoms with Gasteiger partial charge in [-0.2, -0.15) is 0 Å². The van der Waals surface area contributed by atoms with Gasteiger partial charge in [-0.3, -0.25) is 0 Å². The third-order valence-corrected chi connectivity index (χ3v) is 2.41. The fourth-order valence-corrected chi connectivity index (χ4v) is 1.54. The minimum Gasteiger partial charge on any atom is -0.493 e. The second-order valence-electron chi connectivity index (χ2n) is 3.48. The van der Waals surface area contributed by atoms with E-state index in [1.807, 2.05) is 18.2 Å². The molecule has 90 valence electrons. The molecule has 2 aromatic rings. The lowest BCUT2D eigenvalue weighted by Gasteiger charge is -2.09. The van der Waals surface area contributed by atoms with E-state index in [1.165, 1.54) is 0 Å². The molecule has 5 nitrogen and oxygen atoms in total. The van der Waals surface area contributed by atoms with Crippen LogP contribution in [0.4, 0.5) is 5.95 Å². The van der Waals surface area contributed by atoms with Crippen molar-refractivity contribution in [3.63, 3.8) is 0 Å². The van der Waals surface area contributed by atoms with Crippen molar-refractivity contribution >= 4 is 5.95 Å². The number of methoxy groups -OCH3 is 2. The number of imidazole rings is 1. The van der Waals surface area contributed by atoms with Crippen LogP contribution in [0.15, 0.2) is 30.6 Å². The van der Waals surface area contributed by atoms with Gasteiger partial charge in [0.05, 0.1) is 14.2 Å². The van der Waals surface area contributed by atoms with E-state index in [4.69, 9.17) is 9.47 Å². The lowest BCUT2D eigenvalue weighted by atomic mass is 10.2. The summed E-state index contributed by atoms with van der Waals surface area (Å²) in [7, 11) is 3.25. The van der Waals surface area contributed by atoms with Crippen LogP contribution in [-0.4, -0.2) is 24.2 Å². The number of hydrogen-bond acceptors (Lipinski definition) is 4. The summed E-state index contributed by atoms with van der Waals surface area (Å²) in [4.78, 5) is 7.07. The molecule has 0 bridgehead atoms. The fourth-order valence-electron chi connectivity index (χ4n) is 1.54. The highest BCUT2D eigenvalue weighted by molar-refractivity contribution is 5.43. The molecule has 0 fully saturated rings. The van der Waals surface area contributed by atoms with Gasteiger partial charge in [-0.05, 0) is 17.7 Å². The Kier molecular flexibility index (Phi) is 3.49. The zero-order valence-electron chi connectivity index (χ0n) is 9.86. The van der Waals surface area contributed by atoms with Crippen LogP contribution in [0.3, 0.4) is 0 Å². The van der Waals surface area contributed by atoms with E-state index in [0.29, 0.717) is 6.54 Å². The van der Waals surface area contributed by atoms with Gasteiger partial charge in [0, 0.05) is 18.9 Å². The van der Waals surface area contributed by atoms with Crippen LogP contribution in [0.25, 0.3) is 0 Å². The highest BCUT2D eigenvalue weighted by Crippen LogP contribution is 2.27. The van der Waals surface area contributed by atoms with Gasteiger partial charge in [0.15, 0.2) is 17.4 Å². The second-order valence-corrected chi connectivity index (χ2v) is 3.48. The van der Waals surface area contributed by atoms with Gasteiger partial charge in [-0.25, -0.2) is 4.98 Å². The van der Waals surface area contributed by atoms with Gasteiger partial charge in [-0.1, -0.05) is 6.07 Å². The summed E-state index contributed by atoms with van der Waals surface area (Å²) in [6.07, 6.45) is 3.48. The van der Waals surface area contributed by atoms with Crippen LogP contribution in [0.2, 0.25) is 0 Å². The molecule has 2 rings (SSSR count). The van der Waals surface area contributed by atoms with E-state index in [9.17, 15) is 0 Å². The molecule has 0 aliphatic rings. The zero-order valence-corrected chi connectivity index (χ0v) is 9.86. The largest absolute Gasteiger partial charge is 0.493 e. The van der Waals surface area contributed by atoms with Crippen LogP contribution in [0.1, 0.15) is 5.56 Å². The van der Waals surface area contributed by atoms with Crippen molar-refractivity contribution in [1.29, 1.82) is 0 Å². The molecule has 0 unspecified atom stereocenters. The Bertz CT molecular complexity index is 469. The second kappa shape index (κ2) is 5.25. The number of rotatable bonds is 5. The van der Waals surface area contributed by atoms with E-state index < -0.39 is 0 Å². The minimum absolute atomic E-state index is 0.674. The molecule has 0 aliphatic heterocycles. The van der Waals surface area contributed by atoms with Crippen molar-refractivity contribution in [3.05, 3.63) is 36.2 Å². The van der Waals surface area contributed by atoms with Crippen LogP contribution >= 0.6 is 0 Å². The predicted octanol–water partition coefficient (Wildman–Crippen LogP) is 2.04. The molecule has 0 aliphatic carbocycles. The molecule has 1 heterocycles. The van der Waals surface area contributed by atoms with Crippen molar-refractivity contribution in [2.75, 3.05) is 19.5 Å². The number of aromatic amines is 1. The van der Waals surface area contributed by atoms with Gasteiger partial charge in [-0.15, -0.1) is 0 Å². The number of anilines is 1. The first-order valence-corrected chi connectivity index (χ1v) is 5.27. The number of nitrogens with zero attached hydrogens (tertiary/aromatic N) is 1. The summed E-state index contributed by atoms with van der Waals surface area (Å²) in [5, 5.41) is 3.17. The zero-order chi connectivity index (χ0) is 12.1. The third kappa shape index (κ3) is 2.69. The average Bonchev–Trinajstić information content (AvgIpc) is 2.89. The molecule has 0 saturated heterocycles. The predicted molar refractivity (Wildman–Crippen MR) is 65.5 cm³/mol. The summed E-state index contributed by atoms with van der Waals surface area (Å²) in [6, 6.07) is 5.81. The van der Waals surface area contributed by atoms with E-state index in [2.05, 4.69) is 15.3 Å². The topological polar surface area (TPSA) is 59.2 Å².